The Morgan fingerprint density at radius 2 is 1.94 bits per heavy atom. The van der Waals surface area contributed by atoms with Crippen molar-refractivity contribution in [3.63, 3.8) is 0 Å². The first-order chi connectivity index (χ1) is 7.72. The first-order valence-corrected chi connectivity index (χ1v) is 5.64. The van der Waals surface area contributed by atoms with Gasteiger partial charge in [0.25, 0.3) is 0 Å². The summed E-state index contributed by atoms with van der Waals surface area (Å²) in [7, 11) is 5.63. The molecule has 1 fully saturated rings. The van der Waals surface area contributed by atoms with Gasteiger partial charge >= 0.3 is 6.03 Å². The van der Waals surface area contributed by atoms with Crippen molar-refractivity contribution in [1.29, 1.82) is 0 Å². The van der Waals surface area contributed by atoms with Crippen LogP contribution in [0.4, 0.5) is 10.5 Å². The van der Waals surface area contributed by atoms with Crippen LogP contribution in [0.2, 0.25) is 0 Å². The van der Waals surface area contributed by atoms with Crippen molar-refractivity contribution in [1.82, 2.24) is 4.90 Å². The summed E-state index contributed by atoms with van der Waals surface area (Å²) in [5, 5.41) is 0. The monoisotopic (exact) mass is 214 g/mol. The van der Waals surface area contributed by atoms with Crippen molar-refractivity contribution in [2.24, 2.45) is 0 Å². The first kappa shape index (κ1) is 11.1. The molecule has 1 aliphatic rings. The Morgan fingerprint density at radius 1 is 1.25 bits per heavy atom. The van der Waals surface area contributed by atoms with E-state index >= 15 is 0 Å². The molecule has 1 aromatic carbocycles. The number of amides is 2. The molecule has 2 radical (unpaired) electrons. The maximum atomic E-state index is 12.1. The lowest BCUT2D eigenvalue weighted by Crippen LogP contribution is -2.49. The molecule has 1 aliphatic heterocycles. The van der Waals surface area contributed by atoms with Gasteiger partial charge in [-0.05, 0) is 25.5 Å². The molecule has 0 atom stereocenters. The second-order valence-corrected chi connectivity index (χ2v) is 3.96. The fraction of sp³-hybridized carbons (Fsp3) is 0.417. The van der Waals surface area contributed by atoms with Crippen LogP contribution in [0.1, 0.15) is 13.3 Å². The molecule has 4 heteroatoms. The third-order valence-electron chi connectivity index (χ3n) is 2.90. The van der Waals surface area contributed by atoms with E-state index in [1.807, 2.05) is 41.0 Å². The van der Waals surface area contributed by atoms with E-state index in [0.29, 0.717) is 0 Å². The van der Waals surface area contributed by atoms with Crippen molar-refractivity contribution in [3.05, 3.63) is 24.3 Å². The molecule has 0 N–H and O–H groups in total. The molecule has 0 aromatic heterocycles. The Hall–Kier alpha value is -1.45. The smallest absolute Gasteiger partial charge is 0.324 e. The number of carbonyl (C=O) groups excluding carboxylic acids is 1. The molecule has 3 nitrogen and oxygen atoms in total. The molecule has 2 amide bonds. The largest absolute Gasteiger partial charge is 0.325 e. The predicted molar refractivity (Wildman–Crippen MR) is 66.4 cm³/mol. The number of urea groups is 1. The second-order valence-electron chi connectivity index (χ2n) is 3.96. The molecule has 1 saturated heterocycles. The van der Waals surface area contributed by atoms with E-state index in [4.69, 9.17) is 7.85 Å². The van der Waals surface area contributed by atoms with Gasteiger partial charge in [0.15, 0.2) is 0 Å². The zero-order valence-electron chi connectivity index (χ0n) is 9.52. The molecule has 2 rings (SSSR count). The maximum Gasteiger partial charge on any atom is 0.324 e. The van der Waals surface area contributed by atoms with E-state index in [1.54, 1.807) is 0 Å². The molecular weight excluding hydrogens is 199 g/mol. The van der Waals surface area contributed by atoms with Crippen LogP contribution < -0.4 is 10.4 Å². The van der Waals surface area contributed by atoms with E-state index in [-0.39, 0.29) is 6.03 Å². The fourth-order valence-corrected chi connectivity index (χ4v) is 1.97. The molecule has 16 heavy (non-hydrogen) atoms. The van der Waals surface area contributed by atoms with Crippen molar-refractivity contribution in [2.45, 2.75) is 13.3 Å². The standard InChI is InChI=1S/C12H15BN2O/c1-2-14-8-3-9-15(12(14)16)11-6-4-10(13)5-7-11/h4-7H,2-3,8-9H2,1H3. The lowest BCUT2D eigenvalue weighted by Gasteiger charge is -2.35. The van der Waals surface area contributed by atoms with Crippen molar-refractivity contribution >= 4 is 25.0 Å². The minimum atomic E-state index is 0.0959. The molecule has 1 aromatic rings. The van der Waals surface area contributed by atoms with E-state index < -0.39 is 0 Å². The van der Waals surface area contributed by atoms with Gasteiger partial charge in [0.1, 0.15) is 7.85 Å². The molecule has 0 spiro atoms. The molecule has 0 aliphatic carbocycles. The Kier molecular flexibility index (Phi) is 3.18. The Labute approximate surface area is 97.4 Å². The number of nitrogens with zero attached hydrogens (tertiary/aromatic N) is 2. The van der Waals surface area contributed by atoms with Gasteiger partial charge in [-0.1, -0.05) is 17.6 Å². The molecule has 1 heterocycles. The molecule has 0 unspecified atom stereocenters. The second kappa shape index (κ2) is 4.60. The number of hydrogen-bond acceptors (Lipinski definition) is 1. The summed E-state index contributed by atoms with van der Waals surface area (Å²) in [5.41, 5.74) is 1.65. The molecule has 0 saturated carbocycles. The lowest BCUT2D eigenvalue weighted by atomic mass is 9.96. The highest BCUT2D eigenvalue weighted by molar-refractivity contribution is 6.32. The van der Waals surface area contributed by atoms with Crippen molar-refractivity contribution < 1.29 is 4.79 Å². The molecular formula is C12H15BN2O. The Balaban J connectivity index is 2.20. The number of anilines is 1. The van der Waals surface area contributed by atoms with Crippen LogP contribution in [0.3, 0.4) is 0 Å². The summed E-state index contributed by atoms with van der Waals surface area (Å²) in [4.78, 5) is 15.7. The molecule has 82 valence electrons. The van der Waals surface area contributed by atoms with Gasteiger partial charge in [0, 0.05) is 25.3 Å². The maximum absolute atomic E-state index is 12.1. The zero-order valence-corrected chi connectivity index (χ0v) is 9.52. The highest BCUT2D eigenvalue weighted by atomic mass is 16.2. The van der Waals surface area contributed by atoms with Crippen LogP contribution in [0.5, 0.6) is 0 Å². The third kappa shape index (κ3) is 2.06. The fourth-order valence-electron chi connectivity index (χ4n) is 1.97. The highest BCUT2D eigenvalue weighted by Crippen LogP contribution is 2.18. The van der Waals surface area contributed by atoms with Crippen LogP contribution in [-0.4, -0.2) is 38.4 Å². The average Bonchev–Trinajstić information content (AvgIpc) is 2.31. The van der Waals surface area contributed by atoms with Gasteiger partial charge in [0.2, 0.25) is 0 Å². The number of rotatable bonds is 2. The van der Waals surface area contributed by atoms with Crippen LogP contribution in [0, 0.1) is 0 Å². The zero-order chi connectivity index (χ0) is 11.5. The lowest BCUT2D eigenvalue weighted by molar-refractivity contribution is 0.198. The van der Waals surface area contributed by atoms with Crippen LogP contribution >= 0.6 is 0 Å². The van der Waals surface area contributed by atoms with Crippen LogP contribution in [0.15, 0.2) is 24.3 Å². The summed E-state index contributed by atoms with van der Waals surface area (Å²) in [5.74, 6) is 0. The van der Waals surface area contributed by atoms with E-state index in [1.165, 1.54) is 0 Å². The van der Waals surface area contributed by atoms with E-state index in [9.17, 15) is 4.79 Å². The van der Waals surface area contributed by atoms with E-state index in [2.05, 4.69) is 0 Å². The van der Waals surface area contributed by atoms with Crippen molar-refractivity contribution in [3.8, 4) is 0 Å². The topological polar surface area (TPSA) is 23.6 Å². The number of hydrogen-bond donors (Lipinski definition) is 0. The first-order valence-electron chi connectivity index (χ1n) is 5.64. The van der Waals surface area contributed by atoms with Gasteiger partial charge in [-0.3, -0.25) is 4.90 Å². The number of benzene rings is 1. The summed E-state index contributed by atoms with van der Waals surface area (Å²) < 4.78 is 0. The van der Waals surface area contributed by atoms with Crippen LogP contribution in [0.25, 0.3) is 0 Å². The summed E-state index contributed by atoms with van der Waals surface area (Å²) >= 11 is 0. The highest BCUT2D eigenvalue weighted by Gasteiger charge is 2.25. The van der Waals surface area contributed by atoms with Gasteiger partial charge in [-0.25, -0.2) is 4.79 Å². The van der Waals surface area contributed by atoms with Crippen LogP contribution in [-0.2, 0) is 0 Å². The van der Waals surface area contributed by atoms with E-state index in [0.717, 1.165) is 37.2 Å². The van der Waals surface area contributed by atoms with Gasteiger partial charge in [0.05, 0.1) is 0 Å². The quantitative estimate of drug-likeness (QED) is 0.677. The van der Waals surface area contributed by atoms with Gasteiger partial charge < -0.3 is 4.90 Å². The predicted octanol–water partition coefficient (Wildman–Crippen LogP) is 1.13. The minimum Gasteiger partial charge on any atom is -0.325 e. The SMILES string of the molecule is [B]c1ccc(N2CCCN(CC)C2=O)cc1. The summed E-state index contributed by atoms with van der Waals surface area (Å²) in [6.45, 7) is 4.43. The Bertz CT molecular complexity index is 377. The normalized spacial score (nSPS) is 16.7. The number of carbonyl (C=O) groups is 1. The summed E-state index contributed by atoms with van der Waals surface area (Å²) in [6.07, 6.45) is 1.02. The van der Waals surface area contributed by atoms with Crippen molar-refractivity contribution in [2.75, 3.05) is 24.5 Å². The molecule has 0 bridgehead atoms. The minimum absolute atomic E-state index is 0.0959. The third-order valence-corrected chi connectivity index (χ3v) is 2.90. The Morgan fingerprint density at radius 3 is 2.56 bits per heavy atom. The summed E-state index contributed by atoms with van der Waals surface area (Å²) in [6, 6.07) is 7.54. The van der Waals surface area contributed by atoms with Gasteiger partial charge in [-0.2, -0.15) is 0 Å². The average molecular weight is 214 g/mol. The van der Waals surface area contributed by atoms with Gasteiger partial charge in [-0.15, -0.1) is 0 Å².